The van der Waals surface area contributed by atoms with Crippen LogP contribution < -0.4 is 5.32 Å². The second-order valence-electron chi connectivity index (χ2n) is 11.8. The van der Waals surface area contributed by atoms with E-state index in [0.717, 1.165) is 48.7 Å². The topological polar surface area (TPSA) is 49.3 Å². The number of hydrogen-bond donors (Lipinski definition) is 2. The van der Waals surface area contributed by atoms with E-state index < -0.39 is 0 Å². The predicted octanol–water partition coefficient (Wildman–Crippen LogP) is 5.81. The summed E-state index contributed by atoms with van der Waals surface area (Å²) < 4.78 is 0. The summed E-state index contributed by atoms with van der Waals surface area (Å²) in [6.45, 7) is 5.04. The van der Waals surface area contributed by atoms with Crippen LogP contribution in [0.5, 0.6) is 0 Å². The minimum atomic E-state index is -0.0654. The number of rotatable bonds is 5. The molecule has 0 aliphatic heterocycles. The zero-order valence-electron chi connectivity index (χ0n) is 19.9. The highest BCUT2D eigenvalue weighted by Gasteiger charge is 2.60. The summed E-state index contributed by atoms with van der Waals surface area (Å²) in [7, 11) is 0. The second kappa shape index (κ2) is 8.98. The Hall–Kier alpha value is -1.00. The Morgan fingerprint density at radius 1 is 1.00 bits per heavy atom. The normalized spacial score (nSPS) is 43.1. The van der Waals surface area contributed by atoms with Gasteiger partial charge in [0.2, 0.25) is 5.91 Å². The van der Waals surface area contributed by atoms with Gasteiger partial charge in [0.15, 0.2) is 0 Å². The van der Waals surface area contributed by atoms with Gasteiger partial charge in [0.25, 0.3) is 0 Å². The standard InChI is InChI=1S/C28H41NO2S/c1-27-14-12-21(30)16-20(27)8-9-22-23-10-11-25(28(23,2)15-13-24(22)27)29-26(31)18-32-17-19-6-4-3-5-7-19/h3-7,20-25,30H,8-18H2,1-2H3,(H,29,31)/t20-,21?,22?,23?,24?,25?,27-,28-/m0/s1. The molecule has 5 unspecified atom stereocenters. The molecular weight excluding hydrogens is 414 g/mol. The van der Waals surface area contributed by atoms with Crippen LogP contribution in [0.15, 0.2) is 30.3 Å². The first-order chi connectivity index (χ1) is 15.4. The van der Waals surface area contributed by atoms with E-state index in [2.05, 4.69) is 43.4 Å². The van der Waals surface area contributed by atoms with Crippen LogP contribution in [-0.2, 0) is 10.5 Å². The average Bonchev–Trinajstić information content (AvgIpc) is 3.11. The molecule has 3 nitrogen and oxygen atoms in total. The molecule has 4 aliphatic rings. The molecule has 0 saturated heterocycles. The van der Waals surface area contributed by atoms with Gasteiger partial charge in [-0.05, 0) is 97.9 Å². The van der Waals surface area contributed by atoms with Crippen molar-refractivity contribution in [3.05, 3.63) is 35.9 Å². The highest BCUT2D eigenvalue weighted by molar-refractivity contribution is 7.99. The van der Waals surface area contributed by atoms with Gasteiger partial charge < -0.3 is 10.4 Å². The monoisotopic (exact) mass is 455 g/mol. The number of aliphatic hydroxyl groups is 1. The molecule has 4 heteroatoms. The zero-order valence-corrected chi connectivity index (χ0v) is 20.7. The van der Waals surface area contributed by atoms with Crippen molar-refractivity contribution in [2.45, 2.75) is 89.5 Å². The molecular formula is C28H41NO2S. The maximum absolute atomic E-state index is 12.8. The molecule has 4 saturated carbocycles. The van der Waals surface area contributed by atoms with Crippen molar-refractivity contribution in [2.75, 3.05) is 5.75 Å². The van der Waals surface area contributed by atoms with Gasteiger partial charge in [-0.25, -0.2) is 0 Å². The van der Waals surface area contributed by atoms with Gasteiger partial charge >= 0.3 is 0 Å². The molecule has 176 valence electrons. The molecule has 0 bridgehead atoms. The molecule has 0 radical (unpaired) electrons. The van der Waals surface area contributed by atoms with Gasteiger partial charge in [-0.3, -0.25) is 4.79 Å². The van der Waals surface area contributed by atoms with Gasteiger partial charge in [0.05, 0.1) is 11.9 Å². The van der Waals surface area contributed by atoms with Crippen molar-refractivity contribution in [1.29, 1.82) is 0 Å². The molecule has 0 spiro atoms. The number of benzene rings is 1. The highest BCUT2D eigenvalue weighted by atomic mass is 32.2. The van der Waals surface area contributed by atoms with E-state index in [9.17, 15) is 9.90 Å². The summed E-state index contributed by atoms with van der Waals surface area (Å²) >= 11 is 1.72. The Morgan fingerprint density at radius 3 is 2.56 bits per heavy atom. The Balaban J connectivity index is 1.20. The van der Waals surface area contributed by atoms with Crippen LogP contribution in [0, 0.1) is 34.5 Å². The largest absolute Gasteiger partial charge is 0.393 e. The average molecular weight is 456 g/mol. The van der Waals surface area contributed by atoms with Gasteiger partial charge in [0.1, 0.15) is 0 Å². The number of fused-ring (bicyclic) bond motifs is 5. The molecule has 5 rings (SSSR count). The van der Waals surface area contributed by atoms with E-state index in [-0.39, 0.29) is 17.4 Å². The number of amides is 1. The maximum atomic E-state index is 12.8. The smallest absolute Gasteiger partial charge is 0.230 e. The Kier molecular flexibility index (Phi) is 6.39. The van der Waals surface area contributed by atoms with Crippen molar-refractivity contribution in [3.63, 3.8) is 0 Å². The maximum Gasteiger partial charge on any atom is 0.230 e. The molecule has 1 aromatic carbocycles. The first-order valence-electron chi connectivity index (χ1n) is 13.0. The summed E-state index contributed by atoms with van der Waals surface area (Å²) in [6.07, 6.45) is 10.8. The van der Waals surface area contributed by atoms with Crippen LogP contribution in [0.25, 0.3) is 0 Å². The fraction of sp³-hybridized carbons (Fsp3) is 0.750. The van der Waals surface area contributed by atoms with Gasteiger partial charge in [-0.2, -0.15) is 0 Å². The van der Waals surface area contributed by atoms with Gasteiger partial charge in [-0.15, -0.1) is 11.8 Å². The quantitative estimate of drug-likeness (QED) is 0.589. The summed E-state index contributed by atoms with van der Waals surface area (Å²) in [5.74, 6) is 4.79. The molecule has 4 fully saturated rings. The van der Waals surface area contributed by atoms with Gasteiger partial charge in [0, 0.05) is 11.8 Å². The molecule has 1 amide bonds. The number of thioether (sulfide) groups is 1. The van der Waals surface area contributed by atoms with Crippen LogP contribution in [0.1, 0.15) is 77.2 Å². The third-order valence-corrected chi connectivity index (χ3v) is 11.3. The summed E-state index contributed by atoms with van der Waals surface area (Å²) in [5, 5.41) is 13.7. The summed E-state index contributed by atoms with van der Waals surface area (Å²) in [6, 6.07) is 10.8. The Bertz CT molecular complexity index is 815. The lowest BCUT2D eigenvalue weighted by atomic mass is 9.45. The molecule has 0 aromatic heterocycles. The van der Waals surface area contributed by atoms with Crippen molar-refractivity contribution in [3.8, 4) is 0 Å². The van der Waals surface area contributed by atoms with E-state index in [1.54, 1.807) is 11.8 Å². The number of hydrogen-bond acceptors (Lipinski definition) is 3. The Labute approximate surface area is 198 Å². The van der Waals surface area contributed by atoms with Gasteiger partial charge in [-0.1, -0.05) is 44.2 Å². The molecule has 2 N–H and O–H groups in total. The SMILES string of the molecule is C[C@]12CCC3C(CC[C@H]4CC(O)CC[C@]34C)C1CCC2NC(=O)CSCc1ccccc1. The fourth-order valence-electron chi connectivity index (χ4n) is 8.54. The molecule has 32 heavy (non-hydrogen) atoms. The lowest BCUT2D eigenvalue weighted by Gasteiger charge is -2.60. The number of carbonyl (C=O) groups is 1. The first-order valence-corrected chi connectivity index (χ1v) is 14.1. The minimum absolute atomic E-state index is 0.0654. The lowest BCUT2D eigenvalue weighted by Crippen LogP contribution is -2.56. The third kappa shape index (κ3) is 4.04. The van der Waals surface area contributed by atoms with Crippen LogP contribution in [0.3, 0.4) is 0 Å². The van der Waals surface area contributed by atoms with Crippen LogP contribution >= 0.6 is 11.8 Å². The van der Waals surface area contributed by atoms with Crippen molar-refractivity contribution >= 4 is 17.7 Å². The molecule has 4 aliphatic carbocycles. The molecule has 1 aromatic rings. The number of carbonyl (C=O) groups excluding carboxylic acids is 1. The fourth-order valence-corrected chi connectivity index (χ4v) is 9.34. The zero-order chi connectivity index (χ0) is 22.3. The summed E-state index contributed by atoms with van der Waals surface area (Å²) in [4.78, 5) is 12.8. The van der Waals surface area contributed by atoms with E-state index in [0.29, 0.717) is 17.2 Å². The van der Waals surface area contributed by atoms with Crippen molar-refractivity contribution < 1.29 is 9.90 Å². The van der Waals surface area contributed by atoms with Crippen molar-refractivity contribution in [1.82, 2.24) is 5.32 Å². The van der Waals surface area contributed by atoms with E-state index >= 15 is 0 Å². The van der Waals surface area contributed by atoms with E-state index in [4.69, 9.17) is 0 Å². The first kappa shape index (κ1) is 22.8. The predicted molar refractivity (Wildman–Crippen MR) is 132 cm³/mol. The molecule has 8 atom stereocenters. The van der Waals surface area contributed by atoms with Crippen LogP contribution in [0.2, 0.25) is 0 Å². The summed E-state index contributed by atoms with van der Waals surface area (Å²) in [5.41, 5.74) is 1.98. The third-order valence-electron chi connectivity index (χ3n) is 10.3. The highest BCUT2D eigenvalue weighted by Crippen LogP contribution is 2.66. The van der Waals surface area contributed by atoms with Crippen LogP contribution in [0.4, 0.5) is 0 Å². The van der Waals surface area contributed by atoms with E-state index in [1.165, 1.54) is 44.1 Å². The lowest BCUT2D eigenvalue weighted by molar-refractivity contribution is -0.128. The molecule has 0 heterocycles. The second-order valence-corrected chi connectivity index (χ2v) is 12.8. The van der Waals surface area contributed by atoms with Crippen LogP contribution in [-0.4, -0.2) is 28.9 Å². The number of aliphatic hydroxyl groups excluding tert-OH is 1. The van der Waals surface area contributed by atoms with Crippen molar-refractivity contribution in [2.24, 2.45) is 34.5 Å². The number of nitrogens with one attached hydrogen (secondary N) is 1. The minimum Gasteiger partial charge on any atom is -0.393 e. The van der Waals surface area contributed by atoms with E-state index in [1.807, 2.05) is 6.07 Å². The Morgan fingerprint density at radius 2 is 1.75 bits per heavy atom.